The zero-order chi connectivity index (χ0) is 22.4. The zero-order valence-electron chi connectivity index (χ0n) is 17.2. The molecule has 8 nitrogen and oxygen atoms in total. The van der Waals surface area contributed by atoms with Gasteiger partial charge in [0.05, 0.1) is 11.3 Å². The molecule has 1 atom stereocenters. The molecular weight excluding hydrogens is 418 g/mol. The quantitative estimate of drug-likeness (QED) is 0.318. The topological polar surface area (TPSA) is 111 Å². The van der Waals surface area contributed by atoms with Crippen molar-refractivity contribution < 1.29 is 23.6 Å². The lowest BCUT2D eigenvalue weighted by Gasteiger charge is -2.14. The van der Waals surface area contributed by atoms with Crippen molar-refractivity contribution in [3.63, 3.8) is 0 Å². The first-order valence-corrected chi connectivity index (χ1v) is 10.4. The first-order chi connectivity index (χ1) is 14.8. The van der Waals surface area contributed by atoms with Crippen LogP contribution in [0.5, 0.6) is 0 Å². The van der Waals surface area contributed by atoms with E-state index in [2.05, 4.69) is 15.5 Å². The summed E-state index contributed by atoms with van der Waals surface area (Å²) < 4.78 is 10.4. The number of carbonyl (C=O) groups excluding carboxylic acids is 3. The minimum atomic E-state index is -1.03. The summed E-state index contributed by atoms with van der Waals surface area (Å²) >= 11 is 1.32. The van der Waals surface area contributed by atoms with Gasteiger partial charge >= 0.3 is 5.97 Å². The first kappa shape index (κ1) is 22.2. The Bertz CT molecular complexity index is 1090. The maximum Gasteiger partial charge on any atom is 0.341 e. The predicted octanol–water partition coefficient (Wildman–Crippen LogP) is 4.06. The highest BCUT2D eigenvalue weighted by atomic mass is 32.2. The molecule has 160 valence electrons. The number of ether oxygens (including phenoxy) is 1. The molecule has 1 amide bonds. The van der Waals surface area contributed by atoms with Gasteiger partial charge in [0.15, 0.2) is 11.9 Å². The third-order valence-corrected chi connectivity index (χ3v) is 5.28. The highest BCUT2D eigenvalue weighted by molar-refractivity contribution is 7.98. The molecule has 0 aliphatic carbocycles. The van der Waals surface area contributed by atoms with Gasteiger partial charge in [-0.05, 0) is 57.2 Å². The Labute approximate surface area is 183 Å². The van der Waals surface area contributed by atoms with Crippen LogP contribution in [0, 0.1) is 6.92 Å². The second-order valence-electron chi connectivity index (χ2n) is 6.74. The van der Waals surface area contributed by atoms with Crippen LogP contribution in [0.15, 0.2) is 58.2 Å². The second-order valence-corrected chi connectivity index (χ2v) is 7.71. The molecule has 0 saturated heterocycles. The average Bonchev–Trinajstić information content (AvgIpc) is 3.17. The van der Waals surface area contributed by atoms with Gasteiger partial charge in [-0.2, -0.15) is 0 Å². The van der Waals surface area contributed by atoms with Gasteiger partial charge in [0.25, 0.3) is 5.91 Å². The van der Waals surface area contributed by atoms with E-state index in [0.29, 0.717) is 27.8 Å². The number of benzene rings is 1. The van der Waals surface area contributed by atoms with Crippen molar-refractivity contribution in [2.75, 3.05) is 5.32 Å². The Morgan fingerprint density at radius 1 is 1.19 bits per heavy atom. The molecule has 0 radical (unpaired) electrons. The Morgan fingerprint density at radius 3 is 2.58 bits per heavy atom. The van der Waals surface area contributed by atoms with Crippen molar-refractivity contribution in [1.82, 2.24) is 10.1 Å². The number of rotatable bonds is 8. The van der Waals surface area contributed by atoms with E-state index in [1.54, 1.807) is 49.5 Å². The minimum absolute atomic E-state index is 0.0657. The fourth-order valence-electron chi connectivity index (χ4n) is 2.60. The predicted molar refractivity (Wildman–Crippen MR) is 115 cm³/mol. The molecule has 0 fully saturated rings. The summed E-state index contributed by atoms with van der Waals surface area (Å²) in [6, 6.07) is 11.5. The molecule has 1 N–H and O–H groups in total. The molecule has 0 saturated carbocycles. The Kier molecular flexibility index (Phi) is 7.19. The van der Waals surface area contributed by atoms with E-state index in [1.165, 1.54) is 25.6 Å². The maximum atomic E-state index is 12.6. The Balaban J connectivity index is 1.61. The van der Waals surface area contributed by atoms with Crippen molar-refractivity contribution in [2.45, 2.75) is 37.7 Å². The number of Topliss-reactive ketones (excluding diaryl/α,β-unsaturated/α-hetero) is 1. The van der Waals surface area contributed by atoms with Gasteiger partial charge in [-0.1, -0.05) is 16.9 Å². The molecule has 0 aliphatic rings. The van der Waals surface area contributed by atoms with E-state index in [1.807, 2.05) is 6.07 Å². The number of aromatic nitrogens is 2. The number of aryl methyl sites for hydroxylation is 1. The van der Waals surface area contributed by atoms with E-state index < -0.39 is 18.0 Å². The van der Waals surface area contributed by atoms with Crippen LogP contribution in [0.1, 0.15) is 46.0 Å². The van der Waals surface area contributed by atoms with Crippen LogP contribution >= 0.6 is 11.8 Å². The number of ketones is 1. The van der Waals surface area contributed by atoms with Crippen molar-refractivity contribution in [3.8, 4) is 0 Å². The molecule has 0 bridgehead atoms. The third-order valence-electron chi connectivity index (χ3n) is 4.24. The molecule has 1 unspecified atom stereocenters. The summed E-state index contributed by atoms with van der Waals surface area (Å²) in [7, 11) is 0. The van der Waals surface area contributed by atoms with Gasteiger partial charge in [0.1, 0.15) is 10.8 Å². The minimum Gasteiger partial charge on any atom is -0.449 e. The number of nitrogens with one attached hydrogen (secondary N) is 1. The largest absolute Gasteiger partial charge is 0.449 e. The zero-order valence-corrected chi connectivity index (χ0v) is 18.1. The molecule has 31 heavy (non-hydrogen) atoms. The number of esters is 1. The van der Waals surface area contributed by atoms with Crippen LogP contribution in [-0.4, -0.2) is 33.9 Å². The second kappa shape index (κ2) is 10.0. The number of thioether (sulfide) groups is 1. The number of hydrogen-bond acceptors (Lipinski definition) is 8. The molecule has 3 rings (SSSR count). The number of nitrogens with zero attached hydrogens (tertiary/aromatic N) is 2. The first-order valence-electron chi connectivity index (χ1n) is 9.46. The number of hydrogen-bond donors (Lipinski definition) is 1. The molecule has 9 heteroatoms. The Hall–Kier alpha value is -3.46. The summed E-state index contributed by atoms with van der Waals surface area (Å²) in [4.78, 5) is 40.6. The molecule has 0 aliphatic heterocycles. The van der Waals surface area contributed by atoms with Crippen LogP contribution in [-0.2, 0) is 15.3 Å². The lowest BCUT2D eigenvalue weighted by Crippen LogP contribution is -2.30. The molecular formula is C22H21N3O5S. The fourth-order valence-corrected chi connectivity index (χ4v) is 3.46. The lowest BCUT2D eigenvalue weighted by atomic mass is 10.1. The third kappa shape index (κ3) is 6.02. The molecule has 2 heterocycles. The van der Waals surface area contributed by atoms with E-state index in [4.69, 9.17) is 9.26 Å². The van der Waals surface area contributed by atoms with Crippen LogP contribution in [0.2, 0.25) is 0 Å². The van der Waals surface area contributed by atoms with E-state index in [0.717, 1.165) is 5.69 Å². The summed E-state index contributed by atoms with van der Waals surface area (Å²) in [5, 5.41) is 7.05. The summed E-state index contributed by atoms with van der Waals surface area (Å²) in [5.41, 5.74) is 2.03. The van der Waals surface area contributed by atoms with Crippen molar-refractivity contribution in [3.05, 3.63) is 71.2 Å². The molecule has 2 aromatic heterocycles. The molecule has 1 aromatic carbocycles. The number of carbonyl (C=O) groups is 3. The normalized spacial score (nSPS) is 11.6. The monoisotopic (exact) mass is 439 g/mol. The Morgan fingerprint density at radius 2 is 1.94 bits per heavy atom. The molecule has 3 aromatic rings. The SMILES string of the molecule is CC(=O)c1ccc(NC(=O)C(C)OC(=O)c2cccnc2SCc2cc(C)on2)cc1. The van der Waals surface area contributed by atoms with Gasteiger partial charge in [-0.25, -0.2) is 9.78 Å². The summed E-state index contributed by atoms with van der Waals surface area (Å²) in [6.07, 6.45) is 0.546. The summed E-state index contributed by atoms with van der Waals surface area (Å²) in [6.45, 7) is 4.75. The van der Waals surface area contributed by atoms with Gasteiger partial charge in [0.2, 0.25) is 0 Å². The van der Waals surface area contributed by atoms with Crippen LogP contribution < -0.4 is 5.32 Å². The highest BCUT2D eigenvalue weighted by Gasteiger charge is 2.22. The van der Waals surface area contributed by atoms with Crippen LogP contribution in [0.4, 0.5) is 5.69 Å². The van der Waals surface area contributed by atoms with Crippen LogP contribution in [0.3, 0.4) is 0 Å². The van der Waals surface area contributed by atoms with E-state index in [-0.39, 0.29) is 11.3 Å². The van der Waals surface area contributed by atoms with Gasteiger partial charge in [0, 0.05) is 29.3 Å². The smallest absolute Gasteiger partial charge is 0.341 e. The van der Waals surface area contributed by atoms with E-state index >= 15 is 0 Å². The fraction of sp³-hybridized carbons (Fsp3) is 0.227. The van der Waals surface area contributed by atoms with Gasteiger partial charge < -0.3 is 14.6 Å². The number of pyridine rings is 1. The average molecular weight is 439 g/mol. The lowest BCUT2D eigenvalue weighted by molar-refractivity contribution is -0.123. The highest BCUT2D eigenvalue weighted by Crippen LogP contribution is 2.25. The standard InChI is InChI=1S/C22H21N3O5S/c1-13-11-18(25-30-13)12-31-21-19(5-4-10-23-21)22(28)29-15(3)20(27)24-17-8-6-16(7-9-17)14(2)26/h4-11,15H,12H2,1-3H3,(H,24,27). The summed E-state index contributed by atoms with van der Waals surface area (Å²) in [5.74, 6) is -0.0290. The molecule has 0 spiro atoms. The van der Waals surface area contributed by atoms with Gasteiger partial charge in [-0.15, -0.1) is 0 Å². The maximum absolute atomic E-state index is 12.6. The van der Waals surface area contributed by atoms with Crippen LogP contribution in [0.25, 0.3) is 0 Å². The van der Waals surface area contributed by atoms with E-state index in [9.17, 15) is 14.4 Å². The van der Waals surface area contributed by atoms with Gasteiger partial charge in [-0.3, -0.25) is 9.59 Å². The number of anilines is 1. The number of amides is 1. The van der Waals surface area contributed by atoms with Crippen molar-refractivity contribution in [1.29, 1.82) is 0 Å². The van der Waals surface area contributed by atoms with Crippen molar-refractivity contribution >= 4 is 35.1 Å². The van der Waals surface area contributed by atoms with Crippen molar-refractivity contribution in [2.24, 2.45) is 0 Å².